The van der Waals surface area contributed by atoms with Crippen LogP contribution in [0.15, 0.2) is 65.0 Å². The molecule has 2 heterocycles. The quantitative estimate of drug-likeness (QED) is 0.294. The van der Waals surface area contributed by atoms with Crippen LogP contribution in [0.2, 0.25) is 0 Å². The van der Waals surface area contributed by atoms with Gasteiger partial charge in [0.05, 0.1) is 12.0 Å². The first-order valence-corrected chi connectivity index (χ1v) is 8.79. The number of imidazole rings is 1. The number of thioether (sulfide) groups is 1. The van der Waals surface area contributed by atoms with Crippen LogP contribution < -0.4 is 10.4 Å². The number of carbonyl (C=O) groups is 1. The fraction of sp³-hybridized carbons (Fsp3) is 0.0556. The molecule has 0 aliphatic rings. The molecule has 0 saturated carbocycles. The minimum Gasteiger partial charge on any atom is -0.361 e. The zero-order valence-electron chi connectivity index (χ0n) is 13.2. The molecule has 0 spiro atoms. The van der Waals surface area contributed by atoms with Gasteiger partial charge in [0.2, 0.25) is 0 Å². The van der Waals surface area contributed by atoms with Gasteiger partial charge >= 0.3 is 5.16 Å². The molecule has 0 saturated heterocycles. The summed E-state index contributed by atoms with van der Waals surface area (Å²) >= 11 is 1.40. The first-order valence-electron chi connectivity index (χ1n) is 7.80. The van der Waals surface area contributed by atoms with Crippen molar-refractivity contribution < 1.29 is 9.78 Å². The monoisotopic (exact) mass is 350 g/mol. The molecule has 6 nitrogen and oxygen atoms in total. The van der Waals surface area contributed by atoms with E-state index in [1.165, 1.54) is 11.8 Å². The van der Waals surface area contributed by atoms with E-state index in [1.807, 2.05) is 54.7 Å². The van der Waals surface area contributed by atoms with Crippen LogP contribution in [0, 0.1) is 0 Å². The molecule has 25 heavy (non-hydrogen) atoms. The number of nitrogens with zero attached hydrogens (tertiary/aromatic N) is 1. The normalized spacial score (nSPS) is 11.5. The molecule has 4 rings (SSSR count). The van der Waals surface area contributed by atoms with E-state index >= 15 is 0 Å². The Balaban J connectivity index is 1.34. The molecule has 124 valence electrons. The minimum absolute atomic E-state index is 0.159. The SMILES string of the molecule is O=C(CSc1[nH]c2ccccc2[nH+]1)NN=Cc1c[nH]c2ccccc12. The van der Waals surface area contributed by atoms with Gasteiger partial charge in [0.1, 0.15) is 0 Å². The number of rotatable bonds is 5. The average Bonchev–Trinajstić information content (AvgIpc) is 3.24. The largest absolute Gasteiger partial charge is 0.361 e. The fourth-order valence-corrected chi connectivity index (χ4v) is 3.30. The number of carbonyl (C=O) groups excluding carboxylic acids is 1. The summed E-state index contributed by atoms with van der Waals surface area (Å²) in [5, 5.41) is 5.96. The average molecular weight is 350 g/mol. The Kier molecular flexibility index (Phi) is 4.22. The van der Waals surface area contributed by atoms with Gasteiger partial charge in [0.15, 0.2) is 11.0 Å². The molecule has 4 N–H and O–H groups in total. The van der Waals surface area contributed by atoms with E-state index in [1.54, 1.807) is 6.21 Å². The van der Waals surface area contributed by atoms with Crippen molar-refractivity contribution in [2.24, 2.45) is 5.10 Å². The Bertz CT molecular complexity index is 1030. The second-order valence-corrected chi connectivity index (χ2v) is 6.48. The Morgan fingerprint density at radius 3 is 2.84 bits per heavy atom. The highest BCUT2D eigenvalue weighted by atomic mass is 32.2. The van der Waals surface area contributed by atoms with E-state index in [9.17, 15) is 4.79 Å². The number of aromatic nitrogens is 3. The number of amides is 1. The van der Waals surface area contributed by atoms with Crippen LogP contribution in [0.25, 0.3) is 21.9 Å². The highest BCUT2D eigenvalue weighted by Crippen LogP contribution is 2.16. The number of benzene rings is 2. The number of hydrazone groups is 1. The topological polar surface area (TPSA) is 87.2 Å². The van der Waals surface area contributed by atoms with Crippen LogP contribution in [0.5, 0.6) is 0 Å². The van der Waals surface area contributed by atoms with Gasteiger partial charge in [0.25, 0.3) is 5.91 Å². The van der Waals surface area contributed by atoms with Crippen molar-refractivity contribution in [1.82, 2.24) is 15.4 Å². The Morgan fingerprint density at radius 1 is 1.16 bits per heavy atom. The number of nitrogens with one attached hydrogen (secondary N) is 4. The standard InChI is InChI=1S/C18H15N5OS/c24-17(11-25-18-21-15-7-3-4-8-16(15)22-18)23-20-10-12-9-19-14-6-2-1-5-13(12)14/h1-10,19H,11H2,(H,21,22)(H,23,24)/p+1. The maximum Gasteiger partial charge on any atom is 0.315 e. The molecule has 0 bridgehead atoms. The Morgan fingerprint density at radius 2 is 1.96 bits per heavy atom. The fourth-order valence-electron chi connectivity index (χ4n) is 2.59. The summed E-state index contributed by atoms with van der Waals surface area (Å²) in [6, 6.07) is 15.9. The predicted molar refractivity (Wildman–Crippen MR) is 99.6 cm³/mol. The molecule has 0 aliphatic carbocycles. The molecule has 1 amide bonds. The molecule has 0 unspecified atom stereocenters. The maximum absolute atomic E-state index is 11.9. The van der Waals surface area contributed by atoms with Crippen LogP contribution in [-0.4, -0.2) is 27.8 Å². The number of para-hydroxylation sites is 3. The lowest BCUT2D eigenvalue weighted by Crippen LogP contribution is -2.20. The zero-order valence-corrected chi connectivity index (χ0v) is 14.1. The van der Waals surface area contributed by atoms with Gasteiger partial charge in [-0.2, -0.15) is 5.10 Å². The van der Waals surface area contributed by atoms with Crippen molar-refractivity contribution in [3.05, 3.63) is 60.3 Å². The number of aromatic amines is 3. The zero-order chi connectivity index (χ0) is 17.1. The van der Waals surface area contributed by atoms with E-state index in [0.717, 1.165) is 32.7 Å². The van der Waals surface area contributed by atoms with Crippen LogP contribution in [0.3, 0.4) is 0 Å². The third kappa shape index (κ3) is 3.41. The Hall–Kier alpha value is -3.06. The minimum atomic E-state index is -0.159. The molecule has 4 aromatic rings. The van der Waals surface area contributed by atoms with Crippen LogP contribution in [0.4, 0.5) is 0 Å². The summed E-state index contributed by atoms with van der Waals surface area (Å²) in [4.78, 5) is 21.6. The molecule has 7 heteroatoms. The molecule has 0 radical (unpaired) electrons. The molecular formula is C18H16N5OS+. The molecular weight excluding hydrogens is 334 g/mol. The van der Waals surface area contributed by atoms with Gasteiger partial charge < -0.3 is 4.98 Å². The smallest absolute Gasteiger partial charge is 0.315 e. The number of hydrogen-bond donors (Lipinski definition) is 3. The third-order valence-corrected chi connectivity index (χ3v) is 4.68. The van der Waals surface area contributed by atoms with E-state index in [2.05, 4.69) is 25.5 Å². The first-order chi connectivity index (χ1) is 12.3. The highest BCUT2D eigenvalue weighted by molar-refractivity contribution is 7.99. The highest BCUT2D eigenvalue weighted by Gasteiger charge is 2.11. The van der Waals surface area contributed by atoms with Crippen LogP contribution in [-0.2, 0) is 4.79 Å². The van der Waals surface area contributed by atoms with Crippen LogP contribution >= 0.6 is 11.8 Å². The summed E-state index contributed by atoms with van der Waals surface area (Å²) in [6.07, 6.45) is 3.52. The second-order valence-electron chi connectivity index (χ2n) is 5.50. The van der Waals surface area contributed by atoms with Crippen LogP contribution in [0.1, 0.15) is 5.56 Å². The van der Waals surface area contributed by atoms with E-state index in [4.69, 9.17) is 0 Å². The van der Waals surface area contributed by atoms with Crippen molar-refractivity contribution in [1.29, 1.82) is 0 Å². The van der Waals surface area contributed by atoms with Crippen molar-refractivity contribution >= 4 is 45.8 Å². The van der Waals surface area contributed by atoms with Gasteiger partial charge in [0, 0.05) is 22.7 Å². The molecule has 2 aromatic carbocycles. The lowest BCUT2D eigenvalue weighted by Gasteiger charge is -1.96. The van der Waals surface area contributed by atoms with Gasteiger partial charge in [-0.1, -0.05) is 30.3 Å². The van der Waals surface area contributed by atoms with Gasteiger partial charge in [-0.25, -0.2) is 15.4 Å². The lowest BCUT2D eigenvalue weighted by molar-refractivity contribution is -0.396. The summed E-state index contributed by atoms with van der Waals surface area (Å²) in [5.41, 5.74) is 6.57. The predicted octanol–water partition coefficient (Wildman–Crippen LogP) is 2.71. The third-order valence-electron chi connectivity index (χ3n) is 3.79. The number of hydrogen-bond acceptors (Lipinski definition) is 3. The van der Waals surface area contributed by atoms with Gasteiger partial charge in [-0.3, -0.25) is 4.79 Å². The number of fused-ring (bicyclic) bond motifs is 2. The number of H-pyrrole nitrogens is 3. The van der Waals surface area contributed by atoms with Gasteiger partial charge in [-0.05, 0) is 30.0 Å². The summed E-state index contributed by atoms with van der Waals surface area (Å²) in [7, 11) is 0. The molecule has 0 aliphatic heterocycles. The molecule has 0 atom stereocenters. The molecule has 2 aromatic heterocycles. The first kappa shape index (κ1) is 15.5. The summed E-state index contributed by atoms with van der Waals surface area (Å²) < 4.78 is 0. The van der Waals surface area contributed by atoms with Gasteiger partial charge in [-0.15, -0.1) is 0 Å². The lowest BCUT2D eigenvalue weighted by atomic mass is 10.2. The Labute approximate surface area is 147 Å². The van der Waals surface area contributed by atoms with Crippen molar-refractivity contribution in [3.63, 3.8) is 0 Å². The van der Waals surface area contributed by atoms with E-state index < -0.39 is 0 Å². The van der Waals surface area contributed by atoms with Crippen molar-refractivity contribution in [2.75, 3.05) is 5.75 Å². The second kappa shape index (κ2) is 6.82. The maximum atomic E-state index is 11.9. The van der Waals surface area contributed by atoms with Crippen molar-refractivity contribution in [3.8, 4) is 0 Å². The van der Waals surface area contributed by atoms with E-state index in [-0.39, 0.29) is 11.7 Å². The molecule has 0 fully saturated rings. The van der Waals surface area contributed by atoms with Crippen molar-refractivity contribution in [2.45, 2.75) is 5.16 Å². The summed E-state index contributed by atoms with van der Waals surface area (Å²) in [6.45, 7) is 0. The van der Waals surface area contributed by atoms with E-state index in [0.29, 0.717) is 0 Å². The summed E-state index contributed by atoms with van der Waals surface area (Å²) in [5.74, 6) is 0.113.